The Bertz CT molecular complexity index is 609. The molecule has 0 saturated heterocycles. The molecule has 0 aliphatic carbocycles. The van der Waals surface area contributed by atoms with Gasteiger partial charge in [0.1, 0.15) is 0 Å². The molecule has 9 heteroatoms. The van der Waals surface area contributed by atoms with Gasteiger partial charge in [0.05, 0.1) is 11.9 Å². The Morgan fingerprint density at radius 2 is 1.92 bits per heavy atom. The van der Waals surface area contributed by atoms with Crippen molar-refractivity contribution in [3.63, 3.8) is 0 Å². The van der Waals surface area contributed by atoms with Crippen molar-refractivity contribution in [2.45, 2.75) is 19.4 Å². The van der Waals surface area contributed by atoms with Crippen molar-refractivity contribution in [1.29, 1.82) is 0 Å². The van der Waals surface area contributed by atoms with Crippen molar-refractivity contribution in [3.05, 3.63) is 29.8 Å². The van der Waals surface area contributed by atoms with Crippen molar-refractivity contribution in [2.75, 3.05) is 36.6 Å². The minimum atomic E-state index is -3.29. The zero-order valence-corrected chi connectivity index (χ0v) is 18.3. The molecule has 0 amide bonds. The predicted molar refractivity (Wildman–Crippen MR) is 116 cm³/mol. The SMILES string of the molecule is CN=C(NCCCCSC)NCc1ccccc1NS(C)(=O)=O.I. The van der Waals surface area contributed by atoms with Gasteiger partial charge in [-0.05, 0) is 36.5 Å². The molecule has 0 fully saturated rings. The van der Waals surface area contributed by atoms with Crippen molar-refractivity contribution in [3.8, 4) is 0 Å². The molecule has 0 atom stereocenters. The van der Waals surface area contributed by atoms with Crippen LogP contribution in [0, 0.1) is 0 Å². The molecule has 1 aromatic carbocycles. The molecule has 0 aromatic heterocycles. The number of aliphatic imine (C=N–C) groups is 1. The van der Waals surface area contributed by atoms with Crippen molar-refractivity contribution < 1.29 is 8.42 Å². The zero-order valence-electron chi connectivity index (χ0n) is 14.3. The fraction of sp³-hybridized carbons (Fsp3) is 0.533. The van der Waals surface area contributed by atoms with E-state index in [1.165, 1.54) is 6.42 Å². The first-order valence-electron chi connectivity index (χ1n) is 7.45. The summed E-state index contributed by atoms with van der Waals surface area (Å²) in [5.74, 6) is 1.88. The van der Waals surface area contributed by atoms with Crippen LogP contribution in [-0.4, -0.2) is 46.2 Å². The summed E-state index contributed by atoms with van der Waals surface area (Å²) >= 11 is 1.85. The smallest absolute Gasteiger partial charge is 0.229 e. The fourth-order valence-corrected chi connectivity index (χ4v) is 3.04. The number of anilines is 1. The highest BCUT2D eigenvalue weighted by Gasteiger charge is 2.07. The van der Waals surface area contributed by atoms with E-state index in [0.717, 1.165) is 30.5 Å². The second kappa shape index (κ2) is 12.6. The lowest BCUT2D eigenvalue weighted by molar-refractivity contribution is 0.606. The van der Waals surface area contributed by atoms with E-state index in [9.17, 15) is 8.42 Å². The van der Waals surface area contributed by atoms with Gasteiger partial charge < -0.3 is 10.6 Å². The van der Waals surface area contributed by atoms with Gasteiger partial charge in [-0.25, -0.2) is 8.42 Å². The molecule has 0 spiro atoms. The van der Waals surface area contributed by atoms with Gasteiger partial charge in [-0.1, -0.05) is 18.2 Å². The molecule has 0 bridgehead atoms. The van der Waals surface area contributed by atoms with Gasteiger partial charge >= 0.3 is 0 Å². The number of rotatable bonds is 9. The summed E-state index contributed by atoms with van der Waals surface area (Å²) in [6.45, 7) is 1.35. The lowest BCUT2D eigenvalue weighted by atomic mass is 10.2. The van der Waals surface area contributed by atoms with Crippen molar-refractivity contribution in [1.82, 2.24) is 10.6 Å². The maximum absolute atomic E-state index is 11.4. The van der Waals surface area contributed by atoms with Crippen LogP contribution in [0.5, 0.6) is 0 Å². The summed E-state index contributed by atoms with van der Waals surface area (Å²) in [7, 11) is -1.57. The normalized spacial score (nSPS) is 11.5. The lowest BCUT2D eigenvalue weighted by Gasteiger charge is -2.14. The molecule has 138 valence electrons. The minimum absolute atomic E-state index is 0. The third-order valence-electron chi connectivity index (χ3n) is 3.05. The molecule has 0 aliphatic rings. The fourth-order valence-electron chi connectivity index (χ4n) is 1.95. The Labute approximate surface area is 166 Å². The summed E-state index contributed by atoms with van der Waals surface area (Å²) in [4.78, 5) is 4.18. The number of unbranched alkanes of at least 4 members (excludes halogenated alkanes) is 1. The summed E-state index contributed by atoms with van der Waals surface area (Å²) < 4.78 is 25.3. The van der Waals surface area contributed by atoms with E-state index in [-0.39, 0.29) is 24.0 Å². The molecular formula is C15H27IN4O2S2. The monoisotopic (exact) mass is 486 g/mol. The first-order chi connectivity index (χ1) is 11.0. The van der Waals surface area contributed by atoms with Crippen LogP contribution in [0.2, 0.25) is 0 Å². The Balaban J connectivity index is 0.00000529. The first-order valence-corrected chi connectivity index (χ1v) is 10.7. The summed E-state index contributed by atoms with van der Waals surface area (Å²) in [6.07, 6.45) is 5.52. The number of para-hydroxylation sites is 1. The van der Waals surface area contributed by atoms with Crippen molar-refractivity contribution >= 4 is 57.4 Å². The number of halogens is 1. The van der Waals surface area contributed by atoms with Gasteiger partial charge in [-0.3, -0.25) is 9.71 Å². The summed E-state index contributed by atoms with van der Waals surface area (Å²) in [6, 6.07) is 7.31. The van der Waals surface area contributed by atoms with Crippen molar-refractivity contribution in [2.24, 2.45) is 4.99 Å². The Hall–Kier alpha value is -0.680. The van der Waals surface area contributed by atoms with Crippen LogP contribution < -0.4 is 15.4 Å². The van der Waals surface area contributed by atoms with Crippen LogP contribution >= 0.6 is 35.7 Å². The van der Waals surface area contributed by atoms with Gasteiger partial charge in [0.25, 0.3) is 0 Å². The third-order valence-corrected chi connectivity index (χ3v) is 4.34. The Kier molecular flexibility index (Phi) is 12.3. The van der Waals surface area contributed by atoms with Crippen LogP contribution in [-0.2, 0) is 16.6 Å². The molecule has 0 radical (unpaired) electrons. The average molecular weight is 486 g/mol. The number of hydrogen-bond donors (Lipinski definition) is 3. The number of hydrogen-bond acceptors (Lipinski definition) is 4. The second-order valence-electron chi connectivity index (χ2n) is 5.08. The number of sulfonamides is 1. The molecule has 0 aliphatic heterocycles. The van der Waals surface area contributed by atoms with Gasteiger partial charge in [-0.2, -0.15) is 11.8 Å². The number of nitrogens with one attached hydrogen (secondary N) is 3. The predicted octanol–water partition coefficient (Wildman–Crippen LogP) is 2.48. The van der Waals surface area contributed by atoms with Gasteiger partial charge in [0, 0.05) is 20.1 Å². The van der Waals surface area contributed by atoms with E-state index in [1.807, 2.05) is 23.9 Å². The standard InChI is InChI=1S/C15H26N4O2S2.HI/c1-16-15(17-10-6-7-11-22-2)18-12-13-8-4-5-9-14(13)19-23(3,20)21;/h4-5,8-9,19H,6-7,10-12H2,1-3H3,(H2,16,17,18);1H. The zero-order chi connectivity index (χ0) is 17.1. The van der Waals surface area contributed by atoms with Gasteiger partial charge in [0.15, 0.2) is 5.96 Å². The molecule has 0 saturated carbocycles. The maximum atomic E-state index is 11.4. The molecule has 0 heterocycles. The largest absolute Gasteiger partial charge is 0.356 e. The Morgan fingerprint density at radius 1 is 1.21 bits per heavy atom. The molecule has 1 rings (SSSR count). The van der Waals surface area contributed by atoms with E-state index < -0.39 is 10.0 Å². The molecule has 1 aromatic rings. The van der Waals surface area contributed by atoms with Crippen LogP contribution in [0.3, 0.4) is 0 Å². The molecule has 6 nitrogen and oxygen atoms in total. The number of thioether (sulfide) groups is 1. The second-order valence-corrected chi connectivity index (χ2v) is 7.82. The maximum Gasteiger partial charge on any atom is 0.229 e. The van der Waals surface area contributed by atoms with E-state index in [2.05, 4.69) is 26.6 Å². The van der Waals surface area contributed by atoms with Crippen LogP contribution in [0.1, 0.15) is 18.4 Å². The molecule has 24 heavy (non-hydrogen) atoms. The Morgan fingerprint density at radius 3 is 2.54 bits per heavy atom. The number of guanidine groups is 1. The van der Waals surface area contributed by atoms with E-state index >= 15 is 0 Å². The highest BCUT2D eigenvalue weighted by molar-refractivity contribution is 14.0. The highest BCUT2D eigenvalue weighted by atomic mass is 127. The third kappa shape index (κ3) is 10.2. The topological polar surface area (TPSA) is 82.6 Å². The minimum Gasteiger partial charge on any atom is -0.356 e. The van der Waals surface area contributed by atoms with Crippen LogP contribution in [0.15, 0.2) is 29.3 Å². The van der Waals surface area contributed by atoms with Crippen LogP contribution in [0.4, 0.5) is 5.69 Å². The molecular weight excluding hydrogens is 459 g/mol. The lowest BCUT2D eigenvalue weighted by Crippen LogP contribution is -2.37. The van der Waals surface area contributed by atoms with E-state index in [1.54, 1.807) is 19.2 Å². The summed E-state index contributed by atoms with van der Waals surface area (Å²) in [5, 5.41) is 6.46. The molecule has 0 unspecified atom stereocenters. The van der Waals surface area contributed by atoms with E-state index in [0.29, 0.717) is 18.2 Å². The van der Waals surface area contributed by atoms with Gasteiger partial charge in [0.2, 0.25) is 10.0 Å². The molecule has 3 N–H and O–H groups in total. The quantitative estimate of drug-likeness (QED) is 0.216. The number of benzene rings is 1. The van der Waals surface area contributed by atoms with Gasteiger partial charge in [-0.15, -0.1) is 24.0 Å². The number of nitrogens with zero attached hydrogens (tertiary/aromatic N) is 1. The first kappa shape index (κ1) is 23.3. The van der Waals surface area contributed by atoms with Crippen LogP contribution in [0.25, 0.3) is 0 Å². The highest BCUT2D eigenvalue weighted by Crippen LogP contribution is 2.15. The average Bonchev–Trinajstić information content (AvgIpc) is 2.50. The summed E-state index contributed by atoms with van der Waals surface area (Å²) in [5.41, 5.74) is 1.45. The van der Waals surface area contributed by atoms with E-state index in [4.69, 9.17) is 0 Å².